The average molecular weight is 308 g/mol. The number of hydrogen-bond donors (Lipinski definition) is 2. The van der Waals surface area contributed by atoms with Crippen molar-refractivity contribution < 1.29 is 4.92 Å². The van der Waals surface area contributed by atoms with Crippen LogP contribution in [-0.2, 0) is 6.42 Å². The van der Waals surface area contributed by atoms with Gasteiger partial charge < -0.3 is 11.1 Å². The van der Waals surface area contributed by atoms with E-state index in [1.165, 1.54) is 6.92 Å². The number of hydrogen-bond acceptors (Lipinski definition) is 8. The summed E-state index contributed by atoms with van der Waals surface area (Å²) in [7, 11) is 0. The van der Waals surface area contributed by atoms with Gasteiger partial charge in [-0.2, -0.15) is 4.98 Å². The van der Waals surface area contributed by atoms with E-state index in [0.717, 1.165) is 16.3 Å². The van der Waals surface area contributed by atoms with Crippen molar-refractivity contribution >= 4 is 28.8 Å². The molecule has 2 heterocycles. The van der Waals surface area contributed by atoms with Gasteiger partial charge in [-0.15, -0.1) is 11.3 Å². The van der Waals surface area contributed by atoms with E-state index >= 15 is 0 Å². The lowest BCUT2D eigenvalue weighted by molar-refractivity contribution is -0.385. The summed E-state index contributed by atoms with van der Waals surface area (Å²) in [4.78, 5) is 23.9. The number of anilines is 2. The maximum atomic E-state index is 11.2. The van der Waals surface area contributed by atoms with Gasteiger partial charge in [0.15, 0.2) is 0 Å². The summed E-state index contributed by atoms with van der Waals surface area (Å²) in [6, 6.07) is -0.206. The number of nitro groups is 1. The van der Waals surface area contributed by atoms with E-state index in [1.807, 2.05) is 13.1 Å². The maximum absolute atomic E-state index is 11.2. The zero-order valence-corrected chi connectivity index (χ0v) is 12.8. The second-order valence-corrected chi connectivity index (χ2v) is 5.65. The molecule has 0 fully saturated rings. The Labute approximate surface area is 125 Å². The molecule has 8 nitrogen and oxygen atoms in total. The molecule has 2 aromatic rings. The van der Waals surface area contributed by atoms with Crippen molar-refractivity contribution in [3.05, 3.63) is 31.9 Å². The Morgan fingerprint density at radius 2 is 2.24 bits per heavy atom. The summed E-state index contributed by atoms with van der Waals surface area (Å²) in [5.74, 6) is 0.118. The molecule has 0 saturated carbocycles. The van der Waals surface area contributed by atoms with Gasteiger partial charge in [0.2, 0.25) is 11.8 Å². The summed E-state index contributed by atoms with van der Waals surface area (Å²) in [6.45, 7) is 5.45. The van der Waals surface area contributed by atoms with Gasteiger partial charge >= 0.3 is 5.69 Å². The Balaban J connectivity index is 2.32. The van der Waals surface area contributed by atoms with E-state index in [2.05, 4.69) is 27.2 Å². The number of rotatable bonds is 5. The van der Waals surface area contributed by atoms with Gasteiger partial charge in [0.25, 0.3) is 0 Å². The quantitative estimate of drug-likeness (QED) is 0.643. The van der Waals surface area contributed by atoms with Gasteiger partial charge in [-0.1, -0.05) is 6.92 Å². The predicted octanol–water partition coefficient (Wildman–Crippen LogP) is 2.47. The largest absolute Gasteiger partial charge is 0.368 e. The molecule has 21 heavy (non-hydrogen) atoms. The van der Waals surface area contributed by atoms with Crippen LogP contribution in [0, 0.1) is 17.0 Å². The summed E-state index contributed by atoms with van der Waals surface area (Å²) >= 11 is 1.56. The summed E-state index contributed by atoms with van der Waals surface area (Å²) in [6.07, 6.45) is 2.72. The molecule has 0 aliphatic carbocycles. The number of thiazole rings is 1. The molecule has 9 heteroatoms. The van der Waals surface area contributed by atoms with Gasteiger partial charge in [-0.25, -0.2) is 9.97 Å². The molecule has 0 saturated heterocycles. The van der Waals surface area contributed by atoms with Crippen molar-refractivity contribution in [2.24, 2.45) is 0 Å². The molecule has 1 atom stereocenters. The van der Waals surface area contributed by atoms with Crippen LogP contribution in [0.25, 0.3) is 0 Å². The number of nitrogen functional groups attached to an aromatic ring is 1. The van der Waals surface area contributed by atoms with E-state index in [9.17, 15) is 10.1 Å². The van der Waals surface area contributed by atoms with E-state index in [4.69, 9.17) is 5.73 Å². The SMILES string of the molecule is CCc1cnc(C(C)Nc2nc(N)nc(C)c2[N+](=O)[O-])s1. The molecule has 0 amide bonds. The predicted molar refractivity (Wildman–Crippen MR) is 81.4 cm³/mol. The molecule has 0 aliphatic rings. The minimum atomic E-state index is -0.511. The Hall–Kier alpha value is -2.29. The standard InChI is InChI=1S/C12H16N6O2S/c1-4-8-5-14-11(21-8)7(3)15-10-9(18(19)20)6(2)16-12(13)17-10/h5,7H,4H2,1-3H3,(H3,13,15,16,17). The third-order valence-electron chi connectivity index (χ3n) is 2.90. The van der Waals surface area contributed by atoms with Gasteiger partial charge in [0.1, 0.15) is 10.7 Å². The number of nitrogens with two attached hydrogens (primary N) is 1. The molecule has 3 N–H and O–H groups in total. The summed E-state index contributed by atoms with van der Waals surface area (Å²) < 4.78 is 0. The van der Waals surface area contributed by atoms with Crippen LogP contribution in [0.3, 0.4) is 0 Å². The highest BCUT2D eigenvalue weighted by Crippen LogP contribution is 2.30. The van der Waals surface area contributed by atoms with E-state index in [-0.39, 0.29) is 29.2 Å². The molecule has 112 valence electrons. The minimum absolute atomic E-state index is 0.00110. The second-order valence-electron chi connectivity index (χ2n) is 4.51. The van der Waals surface area contributed by atoms with Crippen molar-refractivity contribution in [1.82, 2.24) is 15.0 Å². The number of aromatic nitrogens is 3. The second kappa shape index (κ2) is 6.00. The fraction of sp³-hybridized carbons (Fsp3) is 0.417. The first-order valence-corrected chi connectivity index (χ1v) is 7.23. The molecule has 2 aromatic heterocycles. The average Bonchev–Trinajstić information content (AvgIpc) is 2.85. The van der Waals surface area contributed by atoms with Crippen molar-refractivity contribution in [3.63, 3.8) is 0 Å². The summed E-state index contributed by atoms with van der Waals surface area (Å²) in [5, 5.41) is 15.0. The zero-order chi connectivity index (χ0) is 15.6. The van der Waals surface area contributed by atoms with Crippen LogP contribution >= 0.6 is 11.3 Å². The highest BCUT2D eigenvalue weighted by molar-refractivity contribution is 7.11. The first-order chi connectivity index (χ1) is 9.92. The van der Waals surface area contributed by atoms with Crippen molar-refractivity contribution in [2.45, 2.75) is 33.2 Å². The van der Waals surface area contributed by atoms with Crippen LogP contribution in [0.1, 0.15) is 35.5 Å². The molecule has 0 bridgehead atoms. The fourth-order valence-electron chi connectivity index (χ4n) is 1.86. The van der Waals surface area contributed by atoms with Crippen LogP contribution in [0.2, 0.25) is 0 Å². The highest BCUT2D eigenvalue weighted by Gasteiger charge is 2.23. The molecule has 0 aliphatic heterocycles. The monoisotopic (exact) mass is 308 g/mol. The number of nitrogens with one attached hydrogen (secondary N) is 1. The van der Waals surface area contributed by atoms with Crippen LogP contribution in [-0.4, -0.2) is 19.9 Å². The fourth-order valence-corrected chi connectivity index (χ4v) is 2.72. The molecule has 2 rings (SSSR count). The van der Waals surface area contributed by atoms with Crippen molar-refractivity contribution in [3.8, 4) is 0 Å². The smallest absolute Gasteiger partial charge is 0.332 e. The number of nitrogens with zero attached hydrogens (tertiary/aromatic N) is 4. The lowest BCUT2D eigenvalue weighted by Crippen LogP contribution is -2.12. The zero-order valence-electron chi connectivity index (χ0n) is 12.0. The minimum Gasteiger partial charge on any atom is -0.368 e. The Morgan fingerprint density at radius 3 is 2.81 bits per heavy atom. The van der Waals surface area contributed by atoms with Gasteiger partial charge in [0.05, 0.1) is 11.0 Å². The molecule has 0 spiro atoms. The molecule has 1 unspecified atom stereocenters. The van der Waals surface area contributed by atoms with Crippen LogP contribution in [0.5, 0.6) is 0 Å². The van der Waals surface area contributed by atoms with Gasteiger partial charge in [0, 0.05) is 11.1 Å². The van der Waals surface area contributed by atoms with E-state index in [0.29, 0.717) is 0 Å². The van der Waals surface area contributed by atoms with Crippen LogP contribution < -0.4 is 11.1 Å². The summed E-state index contributed by atoms with van der Waals surface area (Å²) in [5.41, 5.74) is 5.64. The van der Waals surface area contributed by atoms with Crippen LogP contribution in [0.15, 0.2) is 6.20 Å². The first kappa shape index (κ1) is 15.1. The lowest BCUT2D eigenvalue weighted by Gasteiger charge is -2.13. The van der Waals surface area contributed by atoms with Crippen molar-refractivity contribution in [1.29, 1.82) is 0 Å². The Bertz CT molecular complexity index is 672. The number of aryl methyl sites for hydroxylation is 2. The van der Waals surface area contributed by atoms with Crippen LogP contribution in [0.4, 0.5) is 17.5 Å². The first-order valence-electron chi connectivity index (χ1n) is 6.42. The highest BCUT2D eigenvalue weighted by atomic mass is 32.1. The topological polar surface area (TPSA) is 120 Å². The molecule has 0 radical (unpaired) electrons. The third kappa shape index (κ3) is 3.24. The third-order valence-corrected chi connectivity index (χ3v) is 4.23. The maximum Gasteiger partial charge on any atom is 0.332 e. The Kier molecular flexibility index (Phi) is 4.32. The normalized spacial score (nSPS) is 12.1. The molecule has 0 aromatic carbocycles. The van der Waals surface area contributed by atoms with E-state index < -0.39 is 4.92 Å². The van der Waals surface area contributed by atoms with Crippen molar-refractivity contribution in [2.75, 3.05) is 11.1 Å². The van der Waals surface area contributed by atoms with E-state index in [1.54, 1.807) is 11.3 Å². The van der Waals surface area contributed by atoms with Gasteiger partial charge in [-0.05, 0) is 20.3 Å². The lowest BCUT2D eigenvalue weighted by atomic mass is 10.3. The van der Waals surface area contributed by atoms with Gasteiger partial charge in [-0.3, -0.25) is 10.1 Å². The molecular weight excluding hydrogens is 292 g/mol. The Morgan fingerprint density at radius 1 is 1.52 bits per heavy atom. The molecular formula is C12H16N6O2S.